The molecule has 2 aromatic heterocycles. The van der Waals surface area contributed by atoms with Gasteiger partial charge in [0.1, 0.15) is 0 Å². The number of nitrogen functional groups attached to an aromatic ring is 1. The van der Waals surface area contributed by atoms with E-state index in [1.807, 2.05) is 38.1 Å². The van der Waals surface area contributed by atoms with E-state index in [9.17, 15) is 4.79 Å². The molecule has 0 atom stereocenters. The van der Waals surface area contributed by atoms with Gasteiger partial charge in [-0.3, -0.25) is 4.79 Å². The highest BCUT2D eigenvalue weighted by atomic mass is 16.5. The van der Waals surface area contributed by atoms with Gasteiger partial charge in [0.2, 0.25) is 0 Å². The number of nitrogens with zero attached hydrogens (tertiary/aromatic N) is 1. The first kappa shape index (κ1) is 13.2. The molecule has 0 amide bonds. The van der Waals surface area contributed by atoms with E-state index in [-0.39, 0.29) is 11.2 Å². The molecular formula is C16H15N3O2. The first-order valence-electron chi connectivity index (χ1n) is 6.58. The van der Waals surface area contributed by atoms with Crippen LogP contribution in [0.1, 0.15) is 11.3 Å². The van der Waals surface area contributed by atoms with Crippen molar-refractivity contribution in [1.29, 1.82) is 0 Å². The van der Waals surface area contributed by atoms with E-state index in [4.69, 9.17) is 10.3 Å². The maximum absolute atomic E-state index is 12.1. The van der Waals surface area contributed by atoms with Crippen LogP contribution in [0.15, 0.2) is 45.8 Å². The minimum Gasteiger partial charge on any atom is -0.380 e. The monoisotopic (exact) mass is 281 g/mol. The number of pyridine rings is 1. The zero-order valence-corrected chi connectivity index (χ0v) is 11.8. The predicted molar refractivity (Wildman–Crippen MR) is 81.9 cm³/mol. The summed E-state index contributed by atoms with van der Waals surface area (Å²) in [6, 6.07) is 9.34. The van der Waals surface area contributed by atoms with Crippen LogP contribution in [0.3, 0.4) is 0 Å². The van der Waals surface area contributed by atoms with Crippen molar-refractivity contribution in [1.82, 2.24) is 10.1 Å². The second kappa shape index (κ2) is 4.94. The maximum atomic E-state index is 12.1. The number of aromatic nitrogens is 2. The standard InChI is InChI=1S/C16H15N3O2/c1-9-3-5-11(6-4-9)14-15(21-19-16(14)17)12-8-18-10(2)7-13(12)20/h3-8H,1-2H3,(H2,17,19)(H,18,20). The lowest BCUT2D eigenvalue weighted by atomic mass is 10.0. The molecule has 0 bridgehead atoms. The maximum Gasteiger partial charge on any atom is 0.192 e. The fourth-order valence-electron chi connectivity index (χ4n) is 2.24. The third-order valence-corrected chi connectivity index (χ3v) is 3.36. The highest BCUT2D eigenvalue weighted by Gasteiger charge is 2.19. The van der Waals surface area contributed by atoms with Crippen molar-refractivity contribution >= 4 is 5.82 Å². The average molecular weight is 281 g/mol. The molecule has 0 aliphatic heterocycles. The smallest absolute Gasteiger partial charge is 0.192 e. The lowest BCUT2D eigenvalue weighted by Crippen LogP contribution is -2.05. The van der Waals surface area contributed by atoms with Crippen molar-refractivity contribution in [2.75, 3.05) is 5.73 Å². The molecule has 0 aliphatic carbocycles. The molecule has 21 heavy (non-hydrogen) atoms. The molecular weight excluding hydrogens is 266 g/mol. The quantitative estimate of drug-likeness (QED) is 0.756. The Labute approximate surface area is 121 Å². The van der Waals surface area contributed by atoms with Crippen LogP contribution in [-0.4, -0.2) is 10.1 Å². The SMILES string of the molecule is Cc1ccc(-c2c(N)noc2-c2c[nH]c(C)cc2=O)cc1. The second-order valence-corrected chi connectivity index (χ2v) is 5.03. The molecule has 106 valence electrons. The summed E-state index contributed by atoms with van der Waals surface area (Å²) in [6.45, 7) is 3.83. The molecule has 3 aromatic rings. The van der Waals surface area contributed by atoms with Crippen LogP contribution in [0.2, 0.25) is 0 Å². The van der Waals surface area contributed by atoms with E-state index in [0.29, 0.717) is 16.9 Å². The molecule has 0 aliphatic rings. The molecule has 2 heterocycles. The Kier molecular flexibility index (Phi) is 3.10. The Balaban J connectivity index is 2.21. The zero-order valence-electron chi connectivity index (χ0n) is 11.8. The summed E-state index contributed by atoms with van der Waals surface area (Å²) in [5.74, 6) is 0.659. The Morgan fingerprint density at radius 1 is 1.19 bits per heavy atom. The largest absolute Gasteiger partial charge is 0.380 e. The molecule has 5 nitrogen and oxygen atoms in total. The Morgan fingerprint density at radius 3 is 2.57 bits per heavy atom. The van der Waals surface area contributed by atoms with Gasteiger partial charge in [0.05, 0.1) is 11.1 Å². The molecule has 3 N–H and O–H groups in total. The lowest BCUT2D eigenvalue weighted by molar-refractivity contribution is 0.435. The number of nitrogens with two attached hydrogens (primary N) is 1. The van der Waals surface area contributed by atoms with E-state index >= 15 is 0 Å². The third-order valence-electron chi connectivity index (χ3n) is 3.36. The van der Waals surface area contributed by atoms with Crippen molar-refractivity contribution in [2.45, 2.75) is 13.8 Å². The van der Waals surface area contributed by atoms with Gasteiger partial charge in [-0.05, 0) is 19.4 Å². The lowest BCUT2D eigenvalue weighted by Gasteiger charge is -2.03. The molecule has 0 spiro atoms. The van der Waals surface area contributed by atoms with Gasteiger partial charge in [0, 0.05) is 18.0 Å². The number of rotatable bonds is 2. The van der Waals surface area contributed by atoms with E-state index in [2.05, 4.69) is 10.1 Å². The number of aryl methyl sites for hydroxylation is 2. The summed E-state index contributed by atoms with van der Waals surface area (Å²) in [7, 11) is 0. The Hall–Kier alpha value is -2.82. The van der Waals surface area contributed by atoms with E-state index in [0.717, 1.165) is 16.8 Å². The van der Waals surface area contributed by atoms with Gasteiger partial charge in [-0.1, -0.05) is 35.0 Å². The van der Waals surface area contributed by atoms with Crippen molar-refractivity contribution in [2.24, 2.45) is 0 Å². The molecule has 1 aromatic carbocycles. The van der Waals surface area contributed by atoms with Crippen molar-refractivity contribution in [3.63, 3.8) is 0 Å². The van der Waals surface area contributed by atoms with Crippen LogP contribution in [-0.2, 0) is 0 Å². The van der Waals surface area contributed by atoms with Crippen LogP contribution < -0.4 is 11.2 Å². The van der Waals surface area contributed by atoms with Crippen molar-refractivity contribution in [3.8, 4) is 22.5 Å². The van der Waals surface area contributed by atoms with Gasteiger partial charge >= 0.3 is 0 Å². The third kappa shape index (κ3) is 2.33. The van der Waals surface area contributed by atoms with Gasteiger partial charge in [-0.2, -0.15) is 0 Å². The number of hydrogen-bond donors (Lipinski definition) is 2. The predicted octanol–water partition coefficient (Wildman–Crippen LogP) is 2.90. The van der Waals surface area contributed by atoms with Crippen LogP contribution in [0, 0.1) is 13.8 Å². The van der Waals surface area contributed by atoms with E-state index < -0.39 is 0 Å². The number of anilines is 1. The summed E-state index contributed by atoms with van der Waals surface area (Å²) in [5.41, 5.74) is 9.64. The normalized spacial score (nSPS) is 10.8. The van der Waals surface area contributed by atoms with Crippen LogP contribution >= 0.6 is 0 Å². The zero-order chi connectivity index (χ0) is 15.0. The summed E-state index contributed by atoms with van der Waals surface area (Å²) >= 11 is 0. The Bertz CT molecular complexity index is 845. The summed E-state index contributed by atoms with van der Waals surface area (Å²) in [4.78, 5) is 15.1. The number of hydrogen-bond acceptors (Lipinski definition) is 4. The minimum absolute atomic E-state index is 0.129. The van der Waals surface area contributed by atoms with Crippen LogP contribution in [0.25, 0.3) is 22.5 Å². The number of nitrogens with one attached hydrogen (secondary N) is 1. The molecule has 5 heteroatoms. The highest BCUT2D eigenvalue weighted by molar-refractivity contribution is 5.86. The first-order valence-corrected chi connectivity index (χ1v) is 6.58. The number of benzene rings is 1. The van der Waals surface area contributed by atoms with E-state index in [1.165, 1.54) is 6.07 Å². The average Bonchev–Trinajstić information content (AvgIpc) is 2.82. The summed E-state index contributed by atoms with van der Waals surface area (Å²) in [5, 5.41) is 3.81. The van der Waals surface area contributed by atoms with Crippen LogP contribution in [0.4, 0.5) is 5.82 Å². The number of H-pyrrole nitrogens is 1. The second-order valence-electron chi connectivity index (χ2n) is 5.03. The molecule has 0 saturated heterocycles. The number of aromatic amines is 1. The minimum atomic E-state index is -0.129. The summed E-state index contributed by atoms with van der Waals surface area (Å²) in [6.07, 6.45) is 1.62. The molecule has 3 rings (SSSR count). The fraction of sp³-hybridized carbons (Fsp3) is 0.125. The van der Waals surface area contributed by atoms with Gasteiger partial charge in [0.25, 0.3) is 0 Å². The topological polar surface area (TPSA) is 84.9 Å². The molecule has 0 radical (unpaired) electrons. The van der Waals surface area contributed by atoms with Gasteiger partial charge < -0.3 is 15.2 Å². The van der Waals surface area contributed by atoms with Gasteiger partial charge in [-0.15, -0.1) is 0 Å². The van der Waals surface area contributed by atoms with Crippen molar-refractivity contribution in [3.05, 3.63) is 58.0 Å². The van der Waals surface area contributed by atoms with Crippen molar-refractivity contribution < 1.29 is 4.52 Å². The molecule has 0 saturated carbocycles. The van der Waals surface area contributed by atoms with Gasteiger partial charge in [-0.25, -0.2) is 0 Å². The highest BCUT2D eigenvalue weighted by Crippen LogP contribution is 2.35. The molecule has 0 unspecified atom stereocenters. The Morgan fingerprint density at radius 2 is 1.90 bits per heavy atom. The van der Waals surface area contributed by atoms with Crippen LogP contribution in [0.5, 0.6) is 0 Å². The fourth-order valence-corrected chi connectivity index (χ4v) is 2.24. The van der Waals surface area contributed by atoms with E-state index in [1.54, 1.807) is 6.20 Å². The molecule has 0 fully saturated rings. The van der Waals surface area contributed by atoms with Gasteiger partial charge in [0.15, 0.2) is 17.0 Å². The summed E-state index contributed by atoms with van der Waals surface area (Å²) < 4.78 is 5.29. The first-order chi connectivity index (χ1) is 10.1.